The Hall–Kier alpha value is -2.32. The van der Waals surface area contributed by atoms with Gasteiger partial charge in [-0.2, -0.15) is 0 Å². The summed E-state index contributed by atoms with van der Waals surface area (Å²) in [5.41, 5.74) is 5.05. The summed E-state index contributed by atoms with van der Waals surface area (Å²) in [6.45, 7) is 16.5. The number of benzene rings is 1. The predicted octanol–water partition coefficient (Wildman–Crippen LogP) is 8.61. The Balaban J connectivity index is 0.000000364. The van der Waals surface area contributed by atoms with Crippen LogP contribution < -0.4 is 0 Å². The maximum absolute atomic E-state index is 3.14. The summed E-state index contributed by atoms with van der Waals surface area (Å²) in [6, 6.07) is 16.9. The molecule has 1 nitrogen and oxygen atoms in total. The van der Waals surface area contributed by atoms with E-state index in [1.165, 1.54) is 32.3 Å². The molecule has 0 aliphatic heterocycles. The standard InChI is InChI=1S/C10H12.C6H9N.C6H8S.C4H8/c1-3-4-10-7-5-9(2)6-8-10;2*1-5-3-4-6(2)7-5;1-3-4-2/h3-8H,1-2H3;3-4,7H,1-2H3;3-4H,1-2H3;3-4H,1-2H3/b4-3+;;;4-3+. The van der Waals surface area contributed by atoms with Crippen molar-refractivity contribution >= 4 is 17.4 Å². The van der Waals surface area contributed by atoms with E-state index in [2.05, 4.69) is 80.4 Å². The fourth-order valence-electron chi connectivity index (χ4n) is 2.07. The lowest BCUT2D eigenvalue weighted by Gasteiger charge is -1.92. The normalized spacial score (nSPS) is 9.86. The molecule has 2 heteroatoms. The molecule has 152 valence electrons. The topological polar surface area (TPSA) is 15.8 Å². The van der Waals surface area contributed by atoms with Gasteiger partial charge in [0.2, 0.25) is 0 Å². The number of rotatable bonds is 1. The van der Waals surface area contributed by atoms with Crippen molar-refractivity contribution in [1.29, 1.82) is 0 Å². The molecule has 0 spiro atoms. The highest BCUT2D eigenvalue weighted by atomic mass is 32.1. The zero-order valence-electron chi connectivity index (χ0n) is 18.8. The monoisotopic (exact) mass is 395 g/mol. The van der Waals surface area contributed by atoms with Crippen molar-refractivity contribution in [2.24, 2.45) is 0 Å². The van der Waals surface area contributed by atoms with E-state index in [1.807, 2.05) is 64.2 Å². The number of thiophene rings is 1. The molecule has 0 unspecified atom stereocenters. The van der Waals surface area contributed by atoms with Crippen molar-refractivity contribution in [3.8, 4) is 0 Å². The third kappa shape index (κ3) is 13.8. The average Bonchev–Trinajstić information content (AvgIpc) is 3.24. The Bertz CT molecular complexity index is 726. The van der Waals surface area contributed by atoms with Gasteiger partial charge in [0, 0.05) is 21.1 Å². The second-order valence-corrected chi connectivity index (χ2v) is 8.05. The largest absolute Gasteiger partial charge is 0.363 e. The Morgan fingerprint density at radius 3 is 1.32 bits per heavy atom. The second kappa shape index (κ2) is 15.7. The quantitative estimate of drug-likeness (QED) is 0.397. The minimum Gasteiger partial charge on any atom is -0.363 e. The molecule has 0 saturated heterocycles. The van der Waals surface area contributed by atoms with Crippen LogP contribution in [-0.2, 0) is 0 Å². The van der Waals surface area contributed by atoms with E-state index in [-0.39, 0.29) is 0 Å². The molecule has 0 aliphatic carbocycles. The van der Waals surface area contributed by atoms with Crippen molar-refractivity contribution < 1.29 is 0 Å². The van der Waals surface area contributed by atoms with Gasteiger partial charge in [0.1, 0.15) is 0 Å². The summed E-state index contributed by atoms with van der Waals surface area (Å²) < 4.78 is 0. The highest BCUT2D eigenvalue weighted by molar-refractivity contribution is 7.11. The summed E-state index contributed by atoms with van der Waals surface area (Å²) in [5, 5.41) is 0. The highest BCUT2D eigenvalue weighted by Crippen LogP contribution is 2.12. The maximum atomic E-state index is 3.14. The summed E-state index contributed by atoms with van der Waals surface area (Å²) in [4.78, 5) is 5.94. The van der Waals surface area contributed by atoms with E-state index in [9.17, 15) is 0 Å². The van der Waals surface area contributed by atoms with Crippen molar-refractivity contribution in [3.05, 3.63) is 99.0 Å². The molecule has 0 radical (unpaired) electrons. The van der Waals surface area contributed by atoms with E-state index >= 15 is 0 Å². The van der Waals surface area contributed by atoms with Gasteiger partial charge in [0.05, 0.1) is 0 Å². The van der Waals surface area contributed by atoms with Crippen LogP contribution in [0.4, 0.5) is 0 Å². The number of aromatic nitrogens is 1. The predicted molar refractivity (Wildman–Crippen MR) is 130 cm³/mol. The highest BCUT2D eigenvalue weighted by Gasteiger charge is 1.85. The number of aryl methyl sites for hydroxylation is 5. The van der Waals surface area contributed by atoms with Crippen LogP contribution in [0.5, 0.6) is 0 Å². The van der Waals surface area contributed by atoms with Gasteiger partial charge in [0.15, 0.2) is 0 Å². The van der Waals surface area contributed by atoms with Gasteiger partial charge >= 0.3 is 0 Å². The Morgan fingerprint density at radius 2 is 1.07 bits per heavy atom. The summed E-state index contributed by atoms with van der Waals surface area (Å²) >= 11 is 1.84. The van der Waals surface area contributed by atoms with Gasteiger partial charge in [-0.15, -0.1) is 11.3 Å². The molecule has 28 heavy (non-hydrogen) atoms. The lowest BCUT2D eigenvalue weighted by Crippen LogP contribution is -1.71. The minimum absolute atomic E-state index is 1.23. The van der Waals surface area contributed by atoms with Gasteiger partial charge in [-0.25, -0.2) is 0 Å². The molecule has 0 amide bonds. The lowest BCUT2D eigenvalue weighted by molar-refractivity contribution is 1.19. The molecule has 1 aromatic carbocycles. The van der Waals surface area contributed by atoms with E-state index in [4.69, 9.17) is 0 Å². The Labute approximate surface area is 176 Å². The molecule has 0 aliphatic rings. The molecule has 0 fully saturated rings. The summed E-state index contributed by atoms with van der Waals surface area (Å²) in [5.74, 6) is 0. The van der Waals surface area contributed by atoms with Crippen molar-refractivity contribution in [2.75, 3.05) is 0 Å². The van der Waals surface area contributed by atoms with Gasteiger partial charge in [-0.3, -0.25) is 0 Å². The number of H-pyrrole nitrogens is 1. The molecule has 1 N–H and O–H groups in total. The molecule has 0 atom stereocenters. The van der Waals surface area contributed by atoms with Crippen LogP contribution in [0.3, 0.4) is 0 Å². The maximum Gasteiger partial charge on any atom is 0.0117 e. The molecule has 3 rings (SSSR count). The SMILES string of the molecule is C/C=C/C.C/C=C/c1ccc(C)cc1.Cc1ccc(C)[nH]1.Cc1ccc(C)s1. The van der Waals surface area contributed by atoms with Crippen LogP contribution in [-0.4, -0.2) is 4.98 Å². The van der Waals surface area contributed by atoms with Gasteiger partial charge in [0.25, 0.3) is 0 Å². The first-order valence-corrected chi connectivity index (χ1v) is 10.6. The van der Waals surface area contributed by atoms with Crippen molar-refractivity contribution in [2.45, 2.75) is 55.4 Å². The Morgan fingerprint density at radius 1 is 0.607 bits per heavy atom. The number of allylic oxidation sites excluding steroid dienone is 3. The smallest absolute Gasteiger partial charge is 0.0117 e. The summed E-state index contributed by atoms with van der Waals surface area (Å²) in [7, 11) is 0. The molecular weight excluding hydrogens is 358 g/mol. The van der Waals surface area contributed by atoms with Crippen LogP contribution in [0, 0.1) is 34.6 Å². The van der Waals surface area contributed by atoms with E-state index in [0.29, 0.717) is 0 Å². The third-order valence-corrected chi connectivity index (χ3v) is 4.54. The average molecular weight is 396 g/mol. The number of hydrogen-bond acceptors (Lipinski definition) is 1. The van der Waals surface area contributed by atoms with Crippen LogP contribution in [0.2, 0.25) is 0 Å². The first-order valence-electron chi connectivity index (χ1n) is 9.74. The van der Waals surface area contributed by atoms with Gasteiger partial charge in [-0.05, 0) is 85.2 Å². The fourth-order valence-corrected chi connectivity index (χ4v) is 2.85. The van der Waals surface area contributed by atoms with Crippen molar-refractivity contribution in [1.82, 2.24) is 4.98 Å². The Kier molecular flexibility index (Phi) is 14.4. The lowest BCUT2D eigenvalue weighted by atomic mass is 10.1. The zero-order chi connectivity index (χ0) is 21.4. The molecule has 3 aromatic rings. The zero-order valence-corrected chi connectivity index (χ0v) is 19.7. The van der Waals surface area contributed by atoms with Crippen molar-refractivity contribution in [3.63, 3.8) is 0 Å². The second-order valence-electron chi connectivity index (χ2n) is 6.56. The van der Waals surface area contributed by atoms with Gasteiger partial charge < -0.3 is 4.98 Å². The van der Waals surface area contributed by atoms with Crippen LogP contribution in [0.15, 0.2) is 66.8 Å². The fraction of sp³-hybridized carbons (Fsp3) is 0.308. The first-order chi connectivity index (χ1) is 13.3. The van der Waals surface area contributed by atoms with Crippen LogP contribution in [0.1, 0.15) is 53.0 Å². The molecule has 0 saturated carbocycles. The molecular formula is C26H37NS. The third-order valence-electron chi connectivity index (χ3n) is 3.62. The first kappa shape index (κ1) is 25.7. The number of nitrogens with one attached hydrogen (secondary N) is 1. The van der Waals surface area contributed by atoms with E-state index < -0.39 is 0 Å². The van der Waals surface area contributed by atoms with E-state index in [0.717, 1.165) is 0 Å². The minimum atomic E-state index is 1.23. The van der Waals surface area contributed by atoms with E-state index in [1.54, 1.807) is 0 Å². The number of aromatic amines is 1. The van der Waals surface area contributed by atoms with Crippen LogP contribution in [0.25, 0.3) is 6.08 Å². The summed E-state index contributed by atoms with van der Waals surface area (Å²) in [6.07, 6.45) is 8.14. The number of hydrogen-bond donors (Lipinski definition) is 1. The molecule has 2 aromatic heterocycles. The van der Waals surface area contributed by atoms with Gasteiger partial charge in [-0.1, -0.05) is 54.1 Å². The van der Waals surface area contributed by atoms with Crippen LogP contribution >= 0.6 is 11.3 Å². The molecule has 0 bridgehead atoms. The molecule has 2 heterocycles.